The van der Waals surface area contributed by atoms with E-state index in [1.807, 2.05) is 18.2 Å². The van der Waals surface area contributed by atoms with Crippen LogP contribution in [0.25, 0.3) is 10.2 Å². The van der Waals surface area contributed by atoms with E-state index in [1.54, 1.807) is 42.7 Å². The summed E-state index contributed by atoms with van der Waals surface area (Å²) in [6.07, 6.45) is 0.228. The summed E-state index contributed by atoms with van der Waals surface area (Å²) in [6.45, 7) is 3.05. The lowest BCUT2D eigenvalue weighted by Gasteiger charge is -2.36. The summed E-state index contributed by atoms with van der Waals surface area (Å²) in [6, 6.07) is 14.8. The molecular formula is C22H22N4O3S. The molecule has 0 aliphatic carbocycles. The van der Waals surface area contributed by atoms with Crippen LogP contribution in [-0.4, -0.2) is 61.0 Å². The zero-order valence-corrected chi connectivity index (χ0v) is 17.5. The average Bonchev–Trinajstić information content (AvgIpc) is 3.34. The number of hydrogen-bond donors (Lipinski definition) is 0. The Morgan fingerprint density at radius 2 is 1.73 bits per heavy atom. The number of anilines is 2. The first-order chi connectivity index (χ1) is 14.6. The molecule has 0 N–H and O–H groups in total. The second-order valence-corrected chi connectivity index (χ2v) is 8.48. The third-order valence-corrected chi connectivity index (χ3v) is 6.86. The van der Waals surface area contributed by atoms with Crippen LogP contribution in [0.2, 0.25) is 0 Å². The molecule has 1 atom stereocenters. The Bertz CT molecular complexity index is 1060. The second kappa shape index (κ2) is 7.70. The monoisotopic (exact) mass is 422 g/mol. The lowest BCUT2D eigenvalue weighted by atomic mass is 10.2. The van der Waals surface area contributed by atoms with E-state index in [9.17, 15) is 9.59 Å². The molecule has 0 spiro atoms. The van der Waals surface area contributed by atoms with E-state index in [-0.39, 0.29) is 18.2 Å². The minimum absolute atomic E-state index is 0.140. The maximum absolute atomic E-state index is 13.0. The Hall–Kier alpha value is -2.97. The van der Waals surface area contributed by atoms with Gasteiger partial charge in [0.1, 0.15) is 5.75 Å². The van der Waals surface area contributed by atoms with Gasteiger partial charge in [-0.3, -0.25) is 14.5 Å². The number of ether oxygens (including phenoxy) is 1. The fourth-order valence-electron chi connectivity index (χ4n) is 4.12. The van der Waals surface area contributed by atoms with Gasteiger partial charge in [-0.25, -0.2) is 9.88 Å². The van der Waals surface area contributed by atoms with Crippen LogP contribution in [0.4, 0.5) is 10.8 Å². The summed E-state index contributed by atoms with van der Waals surface area (Å²) in [5.74, 6) is 0.405. The van der Waals surface area contributed by atoms with Gasteiger partial charge < -0.3 is 9.64 Å². The fourth-order valence-corrected chi connectivity index (χ4v) is 5.14. The van der Waals surface area contributed by atoms with Gasteiger partial charge in [-0.05, 0) is 36.4 Å². The van der Waals surface area contributed by atoms with Crippen LogP contribution in [0.5, 0.6) is 5.75 Å². The van der Waals surface area contributed by atoms with Crippen LogP contribution in [0, 0.1) is 0 Å². The Balaban J connectivity index is 1.26. The van der Waals surface area contributed by atoms with Gasteiger partial charge in [0, 0.05) is 26.2 Å². The van der Waals surface area contributed by atoms with Crippen LogP contribution in [0.15, 0.2) is 48.5 Å². The van der Waals surface area contributed by atoms with Crippen molar-refractivity contribution in [3.8, 4) is 5.75 Å². The Morgan fingerprint density at radius 3 is 2.43 bits per heavy atom. The van der Waals surface area contributed by atoms with Crippen molar-refractivity contribution in [2.75, 3.05) is 43.1 Å². The van der Waals surface area contributed by atoms with Crippen LogP contribution in [-0.2, 0) is 9.59 Å². The van der Waals surface area contributed by atoms with Crippen LogP contribution in [0.1, 0.15) is 6.42 Å². The first-order valence-corrected chi connectivity index (χ1v) is 10.8. The van der Waals surface area contributed by atoms with Crippen LogP contribution < -0.4 is 14.5 Å². The van der Waals surface area contributed by atoms with Crippen molar-refractivity contribution in [2.45, 2.75) is 12.5 Å². The highest BCUT2D eigenvalue weighted by molar-refractivity contribution is 7.22. The number of imide groups is 1. The summed E-state index contributed by atoms with van der Waals surface area (Å²) in [5, 5.41) is 1.02. The smallest absolute Gasteiger partial charge is 0.251 e. The number of thiazole rings is 1. The number of aromatic nitrogens is 1. The summed E-state index contributed by atoms with van der Waals surface area (Å²) in [4.78, 5) is 36.1. The molecule has 5 rings (SSSR count). The van der Waals surface area contributed by atoms with Crippen molar-refractivity contribution < 1.29 is 14.3 Å². The molecule has 3 heterocycles. The minimum atomic E-state index is -0.392. The maximum Gasteiger partial charge on any atom is 0.251 e. The molecule has 1 aromatic heterocycles. The van der Waals surface area contributed by atoms with Crippen molar-refractivity contribution in [1.29, 1.82) is 0 Å². The van der Waals surface area contributed by atoms with Gasteiger partial charge in [-0.1, -0.05) is 23.5 Å². The molecule has 30 heavy (non-hydrogen) atoms. The number of amides is 2. The topological polar surface area (TPSA) is 66.0 Å². The molecule has 7 nitrogen and oxygen atoms in total. The summed E-state index contributed by atoms with van der Waals surface area (Å²) in [7, 11) is 1.59. The Morgan fingerprint density at radius 1 is 1.00 bits per heavy atom. The Labute approximate surface area is 178 Å². The second-order valence-electron chi connectivity index (χ2n) is 7.47. The van der Waals surface area contributed by atoms with Gasteiger partial charge in [-0.15, -0.1) is 0 Å². The zero-order chi connectivity index (χ0) is 20.7. The highest BCUT2D eigenvalue weighted by atomic mass is 32.1. The van der Waals surface area contributed by atoms with Gasteiger partial charge in [0.25, 0.3) is 5.91 Å². The number of piperazine rings is 1. The van der Waals surface area contributed by atoms with E-state index < -0.39 is 6.04 Å². The molecule has 0 bridgehead atoms. The fraction of sp³-hybridized carbons (Fsp3) is 0.318. The quantitative estimate of drug-likeness (QED) is 0.603. The van der Waals surface area contributed by atoms with E-state index in [0.717, 1.165) is 36.8 Å². The van der Waals surface area contributed by atoms with Crippen molar-refractivity contribution in [3.05, 3.63) is 48.5 Å². The largest absolute Gasteiger partial charge is 0.497 e. The van der Waals surface area contributed by atoms with Crippen molar-refractivity contribution >= 4 is 44.2 Å². The predicted molar refractivity (Wildman–Crippen MR) is 117 cm³/mol. The molecule has 154 valence electrons. The lowest BCUT2D eigenvalue weighted by Crippen LogP contribution is -2.52. The Kier molecular flexibility index (Phi) is 4.88. The normalized spacial score (nSPS) is 20.4. The van der Waals surface area contributed by atoms with E-state index in [1.165, 1.54) is 9.60 Å². The van der Waals surface area contributed by atoms with Crippen molar-refractivity contribution in [1.82, 2.24) is 9.88 Å². The molecule has 0 saturated carbocycles. The third-order valence-electron chi connectivity index (χ3n) is 5.76. The van der Waals surface area contributed by atoms with Gasteiger partial charge in [0.05, 0.1) is 35.5 Å². The summed E-state index contributed by atoms with van der Waals surface area (Å²) >= 11 is 1.70. The molecule has 2 fully saturated rings. The van der Waals surface area contributed by atoms with Gasteiger partial charge in [0.15, 0.2) is 5.13 Å². The van der Waals surface area contributed by atoms with Gasteiger partial charge in [0.2, 0.25) is 5.91 Å². The molecule has 2 saturated heterocycles. The molecule has 0 radical (unpaired) electrons. The van der Waals surface area contributed by atoms with E-state index in [2.05, 4.69) is 15.9 Å². The molecule has 2 aliphatic heterocycles. The number of para-hydroxylation sites is 1. The highest BCUT2D eigenvalue weighted by Crippen LogP contribution is 2.31. The number of hydrogen-bond acceptors (Lipinski definition) is 7. The molecule has 0 unspecified atom stereocenters. The molecule has 2 amide bonds. The third kappa shape index (κ3) is 3.32. The number of rotatable bonds is 4. The van der Waals surface area contributed by atoms with E-state index >= 15 is 0 Å². The minimum Gasteiger partial charge on any atom is -0.497 e. The van der Waals surface area contributed by atoms with Gasteiger partial charge in [-0.2, -0.15) is 0 Å². The number of benzene rings is 2. The first kappa shape index (κ1) is 19.0. The SMILES string of the molecule is COc1ccc(N2C(=O)C[C@H](N3CCN(c4nc5ccccc5s4)CC3)C2=O)cc1. The number of nitrogens with zero attached hydrogens (tertiary/aromatic N) is 4. The van der Waals surface area contributed by atoms with E-state index in [4.69, 9.17) is 9.72 Å². The lowest BCUT2D eigenvalue weighted by molar-refractivity contribution is -0.123. The van der Waals surface area contributed by atoms with Crippen molar-refractivity contribution in [3.63, 3.8) is 0 Å². The maximum atomic E-state index is 13.0. The molecule has 2 aromatic carbocycles. The number of carbonyl (C=O) groups excluding carboxylic acids is 2. The highest BCUT2D eigenvalue weighted by Gasteiger charge is 2.43. The number of fused-ring (bicyclic) bond motifs is 1. The summed E-state index contributed by atoms with van der Waals surface area (Å²) < 4.78 is 6.34. The molecule has 8 heteroatoms. The van der Waals surface area contributed by atoms with Gasteiger partial charge >= 0.3 is 0 Å². The first-order valence-electron chi connectivity index (χ1n) is 9.99. The zero-order valence-electron chi connectivity index (χ0n) is 16.7. The average molecular weight is 423 g/mol. The van der Waals surface area contributed by atoms with Crippen LogP contribution in [0.3, 0.4) is 0 Å². The molecule has 2 aliphatic rings. The predicted octanol–water partition coefficient (Wildman–Crippen LogP) is 2.76. The standard InChI is InChI=1S/C22H22N4O3S/c1-29-16-8-6-15(7-9-16)26-20(27)14-18(21(26)28)24-10-12-25(13-11-24)22-23-17-4-2-3-5-19(17)30-22/h2-9,18H,10-14H2,1H3/t18-/m0/s1. The van der Waals surface area contributed by atoms with Crippen LogP contribution >= 0.6 is 11.3 Å². The van der Waals surface area contributed by atoms with Crippen molar-refractivity contribution in [2.24, 2.45) is 0 Å². The molecule has 3 aromatic rings. The molecular weight excluding hydrogens is 400 g/mol. The summed E-state index contributed by atoms with van der Waals surface area (Å²) in [5.41, 5.74) is 1.62. The van der Waals surface area contributed by atoms with E-state index in [0.29, 0.717) is 11.4 Å². The number of methoxy groups -OCH3 is 1. The number of carbonyl (C=O) groups is 2.